The Morgan fingerprint density at radius 3 is 2.52 bits per heavy atom. The summed E-state index contributed by atoms with van der Waals surface area (Å²) in [5.41, 5.74) is 1.56. The van der Waals surface area contributed by atoms with Crippen molar-refractivity contribution >= 4 is 35.3 Å². The fourth-order valence-electron chi connectivity index (χ4n) is 3.91. The molecular weight excluding hydrogens is 430 g/mol. The number of anilines is 2. The van der Waals surface area contributed by atoms with E-state index in [1.807, 2.05) is 12.1 Å². The van der Waals surface area contributed by atoms with E-state index in [0.29, 0.717) is 36.0 Å². The molecule has 0 atom stereocenters. The molecule has 0 bridgehead atoms. The van der Waals surface area contributed by atoms with Gasteiger partial charge in [-0.3, -0.25) is 14.9 Å². The third-order valence-corrected chi connectivity index (χ3v) is 5.61. The van der Waals surface area contributed by atoms with Crippen LogP contribution in [-0.2, 0) is 14.3 Å². The van der Waals surface area contributed by atoms with Crippen molar-refractivity contribution in [2.75, 3.05) is 50.0 Å². The first-order chi connectivity index (χ1) is 16.0. The molecule has 0 aromatic heterocycles. The Hall–Kier alpha value is -4.05. The fraction of sp³-hybridized carbons (Fsp3) is 0.261. The number of carbonyl (C=O) groups excluding carboxylic acids is 3. The summed E-state index contributed by atoms with van der Waals surface area (Å²) in [4.78, 5) is 41.3. The number of carbonyl (C=O) groups is 3. The molecule has 3 aliphatic heterocycles. The molecular formula is C23H21N3O7. The Morgan fingerprint density at radius 2 is 1.73 bits per heavy atom. The second kappa shape index (κ2) is 8.47. The number of ether oxygens (including phenoxy) is 4. The van der Waals surface area contributed by atoms with Gasteiger partial charge in [0.1, 0.15) is 11.3 Å². The molecule has 0 spiro atoms. The molecule has 1 N–H and O–H groups in total. The zero-order valence-corrected chi connectivity index (χ0v) is 17.8. The van der Waals surface area contributed by atoms with Gasteiger partial charge in [0, 0.05) is 36.5 Å². The molecule has 4 amide bonds. The van der Waals surface area contributed by atoms with Crippen LogP contribution in [0.15, 0.2) is 42.0 Å². The zero-order valence-electron chi connectivity index (χ0n) is 17.8. The summed E-state index contributed by atoms with van der Waals surface area (Å²) in [5, 5.41) is 2.22. The maximum Gasteiger partial charge on any atom is 0.335 e. The lowest BCUT2D eigenvalue weighted by Gasteiger charge is -2.29. The highest BCUT2D eigenvalue weighted by Gasteiger charge is 2.37. The predicted octanol–water partition coefficient (Wildman–Crippen LogP) is 1.93. The van der Waals surface area contributed by atoms with E-state index in [1.54, 1.807) is 18.2 Å². The molecule has 0 unspecified atom stereocenters. The van der Waals surface area contributed by atoms with Crippen molar-refractivity contribution < 1.29 is 33.3 Å². The number of rotatable bonds is 4. The smallest absolute Gasteiger partial charge is 0.335 e. The van der Waals surface area contributed by atoms with Crippen LogP contribution in [0.2, 0.25) is 0 Å². The SMILES string of the molecule is COc1cc(N2CCOCC2)ccc1/C=C1\C(=O)NC(=O)N(c2ccc3c(c2)OCO3)C1=O. The van der Waals surface area contributed by atoms with Gasteiger partial charge in [-0.05, 0) is 30.3 Å². The van der Waals surface area contributed by atoms with Gasteiger partial charge in [-0.1, -0.05) is 0 Å². The largest absolute Gasteiger partial charge is 0.496 e. The predicted molar refractivity (Wildman–Crippen MR) is 118 cm³/mol. The molecule has 5 rings (SSSR count). The van der Waals surface area contributed by atoms with E-state index in [9.17, 15) is 14.4 Å². The number of hydrogen-bond acceptors (Lipinski definition) is 8. The van der Waals surface area contributed by atoms with Crippen LogP contribution in [0.5, 0.6) is 17.2 Å². The van der Waals surface area contributed by atoms with Crippen molar-refractivity contribution in [3.63, 3.8) is 0 Å². The number of barbiturate groups is 1. The lowest BCUT2D eigenvalue weighted by molar-refractivity contribution is -0.122. The van der Waals surface area contributed by atoms with Crippen molar-refractivity contribution in [3.05, 3.63) is 47.5 Å². The van der Waals surface area contributed by atoms with Crippen molar-refractivity contribution in [2.24, 2.45) is 0 Å². The highest BCUT2D eigenvalue weighted by Crippen LogP contribution is 2.36. The van der Waals surface area contributed by atoms with Gasteiger partial charge in [0.25, 0.3) is 11.8 Å². The normalized spacial score (nSPS) is 19.2. The van der Waals surface area contributed by atoms with E-state index in [4.69, 9.17) is 18.9 Å². The maximum atomic E-state index is 13.2. The van der Waals surface area contributed by atoms with E-state index < -0.39 is 17.8 Å². The Labute approximate surface area is 189 Å². The number of morpholine rings is 1. The van der Waals surface area contributed by atoms with Crippen molar-refractivity contribution in [2.45, 2.75) is 0 Å². The quantitative estimate of drug-likeness (QED) is 0.555. The maximum absolute atomic E-state index is 13.2. The first-order valence-corrected chi connectivity index (χ1v) is 10.4. The number of imide groups is 2. The third-order valence-electron chi connectivity index (χ3n) is 5.61. The minimum absolute atomic E-state index is 0.0583. The number of fused-ring (bicyclic) bond motifs is 1. The van der Waals surface area contributed by atoms with Gasteiger partial charge in [-0.25, -0.2) is 9.69 Å². The summed E-state index contributed by atoms with van der Waals surface area (Å²) in [7, 11) is 1.52. The number of nitrogens with zero attached hydrogens (tertiary/aromatic N) is 2. The molecule has 2 fully saturated rings. The summed E-state index contributed by atoms with van der Waals surface area (Å²) in [6, 6.07) is 9.36. The second-order valence-corrected chi connectivity index (χ2v) is 7.52. The number of amides is 4. The van der Waals surface area contributed by atoms with Gasteiger partial charge in [0.05, 0.1) is 26.0 Å². The van der Waals surface area contributed by atoms with Crippen molar-refractivity contribution in [1.29, 1.82) is 0 Å². The number of methoxy groups -OCH3 is 1. The van der Waals surface area contributed by atoms with Gasteiger partial charge >= 0.3 is 6.03 Å². The van der Waals surface area contributed by atoms with Crippen LogP contribution >= 0.6 is 0 Å². The molecule has 10 heteroatoms. The lowest BCUT2D eigenvalue weighted by Crippen LogP contribution is -2.54. The Balaban J connectivity index is 1.47. The van der Waals surface area contributed by atoms with E-state index in [2.05, 4.69) is 10.2 Å². The van der Waals surface area contributed by atoms with E-state index in [1.165, 1.54) is 19.3 Å². The highest BCUT2D eigenvalue weighted by molar-refractivity contribution is 6.39. The average Bonchev–Trinajstić information content (AvgIpc) is 3.30. The Bertz CT molecular complexity index is 1170. The van der Waals surface area contributed by atoms with Crippen LogP contribution in [0.1, 0.15) is 5.56 Å². The van der Waals surface area contributed by atoms with E-state index in [0.717, 1.165) is 23.7 Å². The van der Waals surface area contributed by atoms with Crippen LogP contribution in [0, 0.1) is 0 Å². The van der Waals surface area contributed by atoms with Crippen LogP contribution in [0.4, 0.5) is 16.2 Å². The van der Waals surface area contributed by atoms with Gasteiger partial charge in [-0.2, -0.15) is 0 Å². The molecule has 10 nitrogen and oxygen atoms in total. The lowest BCUT2D eigenvalue weighted by atomic mass is 10.0. The summed E-state index contributed by atoms with van der Waals surface area (Å²) < 4.78 is 21.5. The molecule has 33 heavy (non-hydrogen) atoms. The first-order valence-electron chi connectivity index (χ1n) is 10.4. The molecule has 0 saturated carbocycles. The number of benzene rings is 2. The minimum Gasteiger partial charge on any atom is -0.496 e. The molecule has 0 aliphatic carbocycles. The second-order valence-electron chi connectivity index (χ2n) is 7.52. The highest BCUT2D eigenvalue weighted by atomic mass is 16.7. The van der Waals surface area contributed by atoms with Crippen molar-refractivity contribution in [3.8, 4) is 17.2 Å². The molecule has 2 aromatic carbocycles. The third kappa shape index (κ3) is 3.85. The zero-order chi connectivity index (χ0) is 22.9. The average molecular weight is 451 g/mol. The van der Waals surface area contributed by atoms with Gasteiger partial charge in [-0.15, -0.1) is 0 Å². The number of nitrogens with one attached hydrogen (secondary N) is 1. The van der Waals surface area contributed by atoms with E-state index in [-0.39, 0.29) is 18.1 Å². The number of hydrogen-bond donors (Lipinski definition) is 1. The Kier molecular flexibility index (Phi) is 5.35. The topological polar surface area (TPSA) is 107 Å². The minimum atomic E-state index is -0.837. The fourth-order valence-corrected chi connectivity index (χ4v) is 3.91. The van der Waals surface area contributed by atoms with E-state index >= 15 is 0 Å². The van der Waals surface area contributed by atoms with Crippen LogP contribution in [0.25, 0.3) is 6.08 Å². The molecule has 3 heterocycles. The molecule has 3 aliphatic rings. The Morgan fingerprint density at radius 1 is 0.970 bits per heavy atom. The van der Waals surface area contributed by atoms with Crippen LogP contribution < -0.4 is 29.3 Å². The molecule has 170 valence electrons. The standard InChI is InChI=1S/C23H21N3O7/c1-30-19-11-15(25-6-8-31-9-7-25)3-2-14(19)10-17-21(27)24-23(29)26(22(17)28)16-4-5-18-20(12-16)33-13-32-18/h2-5,10-12H,6-9,13H2,1H3,(H,24,27,29)/b17-10+. The van der Waals surface area contributed by atoms with Gasteiger partial charge < -0.3 is 23.8 Å². The summed E-state index contributed by atoms with van der Waals surface area (Å²) in [6.07, 6.45) is 1.42. The molecule has 2 aromatic rings. The first kappa shape index (κ1) is 20.8. The summed E-state index contributed by atoms with van der Waals surface area (Å²) >= 11 is 0. The molecule has 0 radical (unpaired) electrons. The molecule has 2 saturated heterocycles. The van der Waals surface area contributed by atoms with Gasteiger partial charge in [0.2, 0.25) is 6.79 Å². The van der Waals surface area contributed by atoms with Crippen LogP contribution in [-0.4, -0.2) is 58.1 Å². The monoisotopic (exact) mass is 451 g/mol. The van der Waals surface area contributed by atoms with Crippen molar-refractivity contribution in [1.82, 2.24) is 5.32 Å². The summed E-state index contributed by atoms with van der Waals surface area (Å²) in [5.74, 6) is -0.0988. The summed E-state index contributed by atoms with van der Waals surface area (Å²) in [6.45, 7) is 2.87. The van der Waals surface area contributed by atoms with Crippen LogP contribution in [0.3, 0.4) is 0 Å². The van der Waals surface area contributed by atoms with Gasteiger partial charge in [0.15, 0.2) is 11.5 Å². The number of urea groups is 1.